The molecule has 0 fully saturated rings. The molecule has 1 N–H and O–H groups in total. The van der Waals surface area contributed by atoms with Gasteiger partial charge in [0.2, 0.25) is 0 Å². The first-order valence-electron chi connectivity index (χ1n) is 7.02. The Bertz CT molecular complexity index is 661. The van der Waals surface area contributed by atoms with Crippen LogP contribution in [0.5, 0.6) is 0 Å². The summed E-state index contributed by atoms with van der Waals surface area (Å²) in [7, 11) is 0. The minimum atomic E-state index is 0.356. The van der Waals surface area contributed by atoms with Gasteiger partial charge in [-0.3, -0.25) is 4.68 Å². The maximum absolute atomic E-state index is 4.68. The molecule has 3 aromatic rings. The van der Waals surface area contributed by atoms with E-state index in [0.29, 0.717) is 6.04 Å². The van der Waals surface area contributed by atoms with E-state index in [4.69, 9.17) is 0 Å². The largest absolute Gasteiger partial charge is 0.306 e. The van der Waals surface area contributed by atoms with Crippen LogP contribution in [-0.4, -0.2) is 20.8 Å². The van der Waals surface area contributed by atoms with Crippen LogP contribution in [0.15, 0.2) is 54.2 Å². The normalized spacial score (nSPS) is 12.4. The highest BCUT2D eigenvalue weighted by molar-refractivity contribution is 7.09. The molecule has 1 atom stereocenters. The molecule has 5 heteroatoms. The van der Waals surface area contributed by atoms with Crippen molar-refractivity contribution in [3.8, 4) is 11.3 Å². The van der Waals surface area contributed by atoms with E-state index >= 15 is 0 Å². The van der Waals surface area contributed by atoms with Gasteiger partial charge in [0.1, 0.15) is 5.01 Å². The molecule has 0 aliphatic carbocycles. The van der Waals surface area contributed by atoms with E-state index in [2.05, 4.69) is 39.8 Å². The average Bonchev–Trinajstić information content (AvgIpc) is 3.17. The summed E-state index contributed by atoms with van der Waals surface area (Å²) in [5, 5.41) is 10.9. The summed E-state index contributed by atoms with van der Waals surface area (Å²) < 4.78 is 1.94. The summed E-state index contributed by atoms with van der Waals surface area (Å²) in [6.07, 6.45) is 3.79. The Morgan fingerprint density at radius 3 is 2.86 bits per heavy atom. The molecule has 0 aliphatic heterocycles. The summed E-state index contributed by atoms with van der Waals surface area (Å²) >= 11 is 1.70. The zero-order valence-electron chi connectivity index (χ0n) is 11.9. The summed E-state index contributed by atoms with van der Waals surface area (Å²) in [4.78, 5) is 4.68. The third-order valence-electron chi connectivity index (χ3n) is 3.24. The van der Waals surface area contributed by atoms with Gasteiger partial charge in [0.25, 0.3) is 0 Å². The average molecular weight is 298 g/mol. The Morgan fingerprint density at radius 1 is 1.24 bits per heavy atom. The standard InChI is InChI=1S/C16H18N4S/c1-13(11-20-9-5-8-18-20)17-10-16-19-15(12-21-16)14-6-3-2-4-7-14/h2-9,12-13,17H,10-11H2,1H3/t13-/m0/s1. The first-order valence-corrected chi connectivity index (χ1v) is 7.90. The Labute approximate surface area is 128 Å². The quantitative estimate of drug-likeness (QED) is 0.760. The Hall–Kier alpha value is -1.98. The van der Waals surface area contributed by atoms with Gasteiger partial charge in [-0.2, -0.15) is 5.10 Å². The third-order valence-corrected chi connectivity index (χ3v) is 4.09. The molecule has 1 aromatic carbocycles. The minimum Gasteiger partial charge on any atom is -0.306 e. The maximum Gasteiger partial charge on any atom is 0.107 e. The van der Waals surface area contributed by atoms with E-state index in [1.807, 2.05) is 35.1 Å². The monoisotopic (exact) mass is 298 g/mol. The molecule has 0 saturated heterocycles. The lowest BCUT2D eigenvalue weighted by molar-refractivity contribution is 0.450. The second-order valence-electron chi connectivity index (χ2n) is 5.00. The van der Waals surface area contributed by atoms with E-state index in [1.54, 1.807) is 17.5 Å². The molecular weight excluding hydrogens is 280 g/mol. The van der Waals surface area contributed by atoms with E-state index in [9.17, 15) is 0 Å². The molecule has 3 rings (SSSR count). The maximum atomic E-state index is 4.68. The fourth-order valence-electron chi connectivity index (χ4n) is 2.15. The zero-order chi connectivity index (χ0) is 14.5. The number of hydrogen-bond donors (Lipinski definition) is 1. The summed E-state index contributed by atoms with van der Waals surface area (Å²) in [6, 6.07) is 12.6. The molecule has 0 unspecified atom stereocenters. The first kappa shape index (κ1) is 14.0. The fourth-order valence-corrected chi connectivity index (χ4v) is 2.90. The van der Waals surface area contributed by atoms with E-state index in [0.717, 1.165) is 23.8 Å². The Kier molecular flexibility index (Phi) is 4.43. The SMILES string of the molecule is C[C@@H](Cn1cccn1)NCc1nc(-c2ccccc2)cs1. The number of thiazole rings is 1. The lowest BCUT2D eigenvalue weighted by Gasteiger charge is -2.12. The van der Waals surface area contributed by atoms with Gasteiger partial charge in [0.05, 0.1) is 12.2 Å². The molecule has 0 bridgehead atoms. The van der Waals surface area contributed by atoms with Crippen molar-refractivity contribution in [2.24, 2.45) is 0 Å². The van der Waals surface area contributed by atoms with Crippen LogP contribution >= 0.6 is 11.3 Å². The van der Waals surface area contributed by atoms with Gasteiger partial charge in [-0.15, -0.1) is 11.3 Å². The van der Waals surface area contributed by atoms with Gasteiger partial charge in [0, 0.05) is 35.9 Å². The number of nitrogens with one attached hydrogen (secondary N) is 1. The summed E-state index contributed by atoms with van der Waals surface area (Å²) in [6.45, 7) is 3.82. The van der Waals surface area contributed by atoms with Crippen molar-refractivity contribution in [3.63, 3.8) is 0 Å². The molecule has 0 aliphatic rings. The highest BCUT2D eigenvalue weighted by Crippen LogP contribution is 2.21. The molecule has 0 radical (unpaired) electrons. The molecule has 2 aromatic heterocycles. The van der Waals surface area contributed by atoms with Crippen molar-refractivity contribution in [3.05, 3.63) is 59.2 Å². The highest BCUT2D eigenvalue weighted by atomic mass is 32.1. The lowest BCUT2D eigenvalue weighted by atomic mass is 10.2. The number of hydrogen-bond acceptors (Lipinski definition) is 4. The molecule has 108 valence electrons. The Balaban J connectivity index is 1.55. The predicted molar refractivity (Wildman–Crippen MR) is 86.1 cm³/mol. The van der Waals surface area contributed by atoms with Crippen molar-refractivity contribution in [1.82, 2.24) is 20.1 Å². The second-order valence-corrected chi connectivity index (χ2v) is 5.95. The Morgan fingerprint density at radius 2 is 2.10 bits per heavy atom. The van der Waals surface area contributed by atoms with Gasteiger partial charge in [0.15, 0.2) is 0 Å². The van der Waals surface area contributed by atoms with Crippen molar-refractivity contribution < 1.29 is 0 Å². The topological polar surface area (TPSA) is 42.7 Å². The van der Waals surface area contributed by atoms with Crippen LogP contribution in [0.3, 0.4) is 0 Å². The number of nitrogens with zero attached hydrogens (tertiary/aromatic N) is 3. The van der Waals surface area contributed by atoms with Crippen LogP contribution in [0.25, 0.3) is 11.3 Å². The van der Waals surface area contributed by atoms with Crippen LogP contribution in [0.2, 0.25) is 0 Å². The summed E-state index contributed by atoms with van der Waals surface area (Å²) in [5.41, 5.74) is 2.22. The van der Waals surface area contributed by atoms with Crippen molar-refractivity contribution in [1.29, 1.82) is 0 Å². The molecule has 0 amide bonds. The first-order chi connectivity index (χ1) is 10.3. The lowest BCUT2D eigenvalue weighted by Crippen LogP contribution is -2.30. The molecular formula is C16H18N4S. The fraction of sp³-hybridized carbons (Fsp3) is 0.250. The van der Waals surface area contributed by atoms with Gasteiger partial charge in [-0.1, -0.05) is 30.3 Å². The van der Waals surface area contributed by atoms with Gasteiger partial charge in [-0.05, 0) is 13.0 Å². The minimum absolute atomic E-state index is 0.356. The van der Waals surface area contributed by atoms with Crippen LogP contribution < -0.4 is 5.32 Å². The second kappa shape index (κ2) is 6.65. The van der Waals surface area contributed by atoms with Crippen LogP contribution in [0.4, 0.5) is 0 Å². The van der Waals surface area contributed by atoms with Gasteiger partial charge < -0.3 is 5.32 Å². The van der Waals surface area contributed by atoms with E-state index in [-0.39, 0.29) is 0 Å². The van der Waals surface area contributed by atoms with Gasteiger partial charge in [-0.25, -0.2) is 4.98 Å². The molecule has 0 spiro atoms. The van der Waals surface area contributed by atoms with Crippen LogP contribution in [-0.2, 0) is 13.1 Å². The number of benzene rings is 1. The zero-order valence-corrected chi connectivity index (χ0v) is 12.8. The smallest absolute Gasteiger partial charge is 0.107 e. The van der Waals surface area contributed by atoms with Gasteiger partial charge >= 0.3 is 0 Å². The predicted octanol–water partition coefficient (Wildman–Crippen LogP) is 3.18. The van der Waals surface area contributed by atoms with Crippen molar-refractivity contribution in [2.45, 2.75) is 26.1 Å². The molecule has 2 heterocycles. The van der Waals surface area contributed by atoms with Crippen LogP contribution in [0.1, 0.15) is 11.9 Å². The van der Waals surface area contributed by atoms with E-state index < -0.39 is 0 Å². The highest BCUT2D eigenvalue weighted by Gasteiger charge is 2.07. The summed E-state index contributed by atoms with van der Waals surface area (Å²) in [5.74, 6) is 0. The number of rotatable bonds is 6. The van der Waals surface area contributed by atoms with Crippen molar-refractivity contribution in [2.75, 3.05) is 0 Å². The van der Waals surface area contributed by atoms with Crippen molar-refractivity contribution >= 4 is 11.3 Å². The molecule has 21 heavy (non-hydrogen) atoms. The van der Waals surface area contributed by atoms with Crippen LogP contribution in [0, 0.1) is 0 Å². The molecule has 4 nitrogen and oxygen atoms in total. The van der Waals surface area contributed by atoms with E-state index in [1.165, 1.54) is 5.56 Å². The number of aromatic nitrogens is 3. The molecule has 0 saturated carbocycles. The third kappa shape index (κ3) is 3.77.